The number of aliphatic carboxylic acids is 1. The maximum Gasteiger partial charge on any atom is 0.352 e. The van der Waals surface area contributed by atoms with E-state index in [1.165, 1.54) is 0 Å². The third kappa shape index (κ3) is 2.60. The Morgan fingerprint density at radius 3 is 2.73 bits per heavy atom. The van der Waals surface area contributed by atoms with Crippen molar-refractivity contribution >= 4 is 51.9 Å². The molecular formula is C15H12Cl2N2O2S. The molecule has 1 aliphatic rings. The van der Waals surface area contributed by atoms with Gasteiger partial charge in [0.05, 0.1) is 16.8 Å². The first-order chi connectivity index (χ1) is 10.5. The summed E-state index contributed by atoms with van der Waals surface area (Å²) < 4.78 is 0. The van der Waals surface area contributed by atoms with Crippen molar-refractivity contribution in [3.8, 4) is 0 Å². The van der Waals surface area contributed by atoms with Crippen molar-refractivity contribution in [3.05, 3.63) is 50.6 Å². The van der Waals surface area contributed by atoms with Crippen LogP contribution in [0.25, 0.3) is 0 Å². The first kappa shape index (κ1) is 15.3. The van der Waals surface area contributed by atoms with Gasteiger partial charge < -0.3 is 5.11 Å². The molecule has 2 heterocycles. The Morgan fingerprint density at radius 2 is 2.14 bits per heavy atom. The Bertz CT molecular complexity index is 746. The predicted octanol–water partition coefficient (Wildman–Crippen LogP) is 4.69. The Morgan fingerprint density at radius 1 is 1.36 bits per heavy atom. The van der Waals surface area contributed by atoms with Gasteiger partial charge >= 0.3 is 5.97 Å². The highest BCUT2D eigenvalue weighted by Crippen LogP contribution is 2.43. The van der Waals surface area contributed by atoms with Gasteiger partial charge in [0, 0.05) is 15.8 Å². The van der Waals surface area contributed by atoms with Crippen LogP contribution in [-0.2, 0) is 4.79 Å². The van der Waals surface area contributed by atoms with Crippen molar-refractivity contribution in [2.75, 3.05) is 5.01 Å². The molecule has 0 amide bonds. The fourth-order valence-corrected chi connectivity index (χ4v) is 3.98. The molecule has 0 saturated carbocycles. The van der Waals surface area contributed by atoms with Crippen LogP contribution in [0.3, 0.4) is 0 Å². The number of anilines is 1. The van der Waals surface area contributed by atoms with Gasteiger partial charge in [-0.05, 0) is 29.6 Å². The van der Waals surface area contributed by atoms with E-state index in [4.69, 9.17) is 23.2 Å². The van der Waals surface area contributed by atoms with Crippen molar-refractivity contribution in [1.82, 2.24) is 0 Å². The normalized spacial score (nSPS) is 21.0. The predicted molar refractivity (Wildman–Crippen MR) is 90.2 cm³/mol. The summed E-state index contributed by atoms with van der Waals surface area (Å²) in [6, 6.07) is 8.82. The van der Waals surface area contributed by atoms with E-state index >= 15 is 0 Å². The largest absolute Gasteiger partial charge is 0.477 e. The Balaban J connectivity index is 2.10. The number of carboxylic acids is 1. The molecule has 0 aliphatic carbocycles. The second-order valence-corrected chi connectivity index (χ2v) is 6.80. The summed E-state index contributed by atoms with van der Waals surface area (Å²) in [7, 11) is 0. The lowest BCUT2D eigenvalue weighted by Crippen LogP contribution is -2.25. The number of carbonyl (C=O) groups is 1. The minimum absolute atomic E-state index is 0.129. The zero-order valence-corrected chi connectivity index (χ0v) is 13.9. The molecule has 22 heavy (non-hydrogen) atoms. The molecule has 0 fully saturated rings. The van der Waals surface area contributed by atoms with E-state index in [1.807, 2.05) is 24.4 Å². The molecule has 7 heteroatoms. The fraction of sp³-hybridized carbons (Fsp3) is 0.200. The van der Waals surface area contributed by atoms with Crippen LogP contribution in [0, 0.1) is 5.92 Å². The van der Waals surface area contributed by atoms with Gasteiger partial charge in [-0.25, -0.2) is 4.79 Å². The van der Waals surface area contributed by atoms with E-state index in [9.17, 15) is 9.90 Å². The van der Waals surface area contributed by atoms with Crippen LogP contribution in [-0.4, -0.2) is 16.8 Å². The molecule has 4 nitrogen and oxygen atoms in total. The van der Waals surface area contributed by atoms with Crippen LogP contribution in [0.15, 0.2) is 40.8 Å². The lowest BCUT2D eigenvalue weighted by Gasteiger charge is -2.26. The number of carboxylic acid groups (broad SMARTS) is 1. The SMILES string of the molecule is C[C@@H]1C(C(=O)O)=NN(c2ccc(Cl)cc2Cl)[C@@H]1c1cccs1. The summed E-state index contributed by atoms with van der Waals surface area (Å²) in [6.45, 7) is 1.86. The van der Waals surface area contributed by atoms with Crippen LogP contribution < -0.4 is 5.01 Å². The molecule has 1 aromatic carbocycles. The number of benzene rings is 1. The zero-order valence-electron chi connectivity index (χ0n) is 11.5. The molecule has 0 radical (unpaired) electrons. The highest BCUT2D eigenvalue weighted by atomic mass is 35.5. The number of hydrazone groups is 1. The average molecular weight is 355 g/mol. The third-order valence-electron chi connectivity index (χ3n) is 3.59. The van der Waals surface area contributed by atoms with Crippen molar-refractivity contribution in [1.29, 1.82) is 0 Å². The molecule has 2 aromatic rings. The van der Waals surface area contributed by atoms with Gasteiger partial charge in [-0.15, -0.1) is 11.3 Å². The summed E-state index contributed by atoms with van der Waals surface area (Å²) >= 11 is 13.8. The topological polar surface area (TPSA) is 52.9 Å². The highest BCUT2D eigenvalue weighted by molar-refractivity contribution is 7.10. The van der Waals surface area contributed by atoms with Crippen molar-refractivity contribution in [2.45, 2.75) is 13.0 Å². The van der Waals surface area contributed by atoms with Crippen LogP contribution in [0.2, 0.25) is 10.0 Å². The molecular weight excluding hydrogens is 343 g/mol. The van der Waals surface area contributed by atoms with E-state index in [0.29, 0.717) is 15.7 Å². The monoisotopic (exact) mass is 354 g/mol. The van der Waals surface area contributed by atoms with Gasteiger partial charge in [-0.2, -0.15) is 5.10 Å². The quantitative estimate of drug-likeness (QED) is 0.869. The number of hydrogen-bond donors (Lipinski definition) is 1. The minimum atomic E-state index is -1.01. The zero-order chi connectivity index (χ0) is 15.9. The molecule has 2 atom stereocenters. The van der Waals surface area contributed by atoms with E-state index < -0.39 is 5.97 Å². The lowest BCUT2D eigenvalue weighted by atomic mass is 9.96. The average Bonchev–Trinajstić information content (AvgIpc) is 3.06. The standard InChI is InChI=1S/C15H12Cl2N2O2S/c1-8-13(15(20)21)18-19(14(8)12-3-2-6-22-12)11-5-4-9(16)7-10(11)17/h2-8,14H,1H3,(H,20,21)/t8-,14+/m1/s1. The maximum atomic E-state index is 11.4. The van der Waals surface area contributed by atoms with E-state index in [2.05, 4.69) is 5.10 Å². The molecule has 0 bridgehead atoms. The summed E-state index contributed by atoms with van der Waals surface area (Å²) in [6.07, 6.45) is 0. The van der Waals surface area contributed by atoms with Crippen molar-refractivity contribution in [2.24, 2.45) is 11.0 Å². The number of rotatable bonds is 3. The highest BCUT2D eigenvalue weighted by Gasteiger charge is 2.40. The maximum absolute atomic E-state index is 11.4. The van der Waals surface area contributed by atoms with Crippen molar-refractivity contribution < 1.29 is 9.90 Å². The van der Waals surface area contributed by atoms with E-state index in [0.717, 1.165) is 4.88 Å². The summed E-state index contributed by atoms with van der Waals surface area (Å²) in [5.74, 6) is -1.26. The van der Waals surface area contributed by atoms with Crippen LogP contribution >= 0.6 is 34.5 Å². The molecule has 0 spiro atoms. The Hall–Kier alpha value is -1.56. The smallest absolute Gasteiger partial charge is 0.352 e. The summed E-state index contributed by atoms with van der Waals surface area (Å²) in [5, 5.41) is 18.3. The third-order valence-corrected chi connectivity index (χ3v) is 5.08. The number of nitrogens with zero attached hydrogens (tertiary/aromatic N) is 2. The summed E-state index contributed by atoms with van der Waals surface area (Å²) in [5.41, 5.74) is 0.775. The second-order valence-electron chi connectivity index (χ2n) is 4.98. The van der Waals surface area contributed by atoms with Gasteiger partial charge in [-0.1, -0.05) is 36.2 Å². The molecule has 1 aliphatic heterocycles. The first-order valence-electron chi connectivity index (χ1n) is 6.58. The molecule has 1 N–H and O–H groups in total. The second kappa shape index (κ2) is 5.91. The van der Waals surface area contributed by atoms with E-state index in [-0.39, 0.29) is 17.7 Å². The van der Waals surface area contributed by atoms with Crippen LogP contribution in [0.1, 0.15) is 17.8 Å². The Kier molecular flexibility index (Phi) is 4.12. The van der Waals surface area contributed by atoms with Gasteiger partial charge in [-0.3, -0.25) is 5.01 Å². The van der Waals surface area contributed by atoms with Crippen molar-refractivity contribution in [3.63, 3.8) is 0 Å². The van der Waals surface area contributed by atoms with E-state index in [1.54, 1.807) is 34.5 Å². The molecule has 0 unspecified atom stereocenters. The van der Waals surface area contributed by atoms with Crippen LogP contribution in [0.4, 0.5) is 5.69 Å². The number of halogens is 2. The van der Waals surface area contributed by atoms with Crippen LogP contribution in [0.5, 0.6) is 0 Å². The van der Waals surface area contributed by atoms with Gasteiger partial charge in [0.25, 0.3) is 0 Å². The number of thiophene rings is 1. The minimum Gasteiger partial charge on any atom is -0.477 e. The van der Waals surface area contributed by atoms with Gasteiger partial charge in [0.15, 0.2) is 5.71 Å². The van der Waals surface area contributed by atoms with Gasteiger partial charge in [0.1, 0.15) is 0 Å². The van der Waals surface area contributed by atoms with Gasteiger partial charge in [0.2, 0.25) is 0 Å². The molecule has 114 valence electrons. The molecule has 3 rings (SSSR count). The lowest BCUT2D eigenvalue weighted by molar-refractivity contribution is -0.129. The first-order valence-corrected chi connectivity index (χ1v) is 8.22. The Labute approximate surface area is 141 Å². The molecule has 0 saturated heterocycles. The number of hydrogen-bond acceptors (Lipinski definition) is 4. The fourth-order valence-electron chi connectivity index (χ4n) is 2.57. The summed E-state index contributed by atoms with van der Waals surface area (Å²) in [4.78, 5) is 12.5. The molecule has 1 aromatic heterocycles.